The van der Waals surface area contributed by atoms with Crippen LogP contribution in [0, 0.1) is 0 Å². The lowest BCUT2D eigenvalue weighted by atomic mass is 10.4. The average molecular weight is 210 g/mol. The van der Waals surface area contributed by atoms with E-state index in [4.69, 9.17) is 11.5 Å². The number of nitrogen functional groups attached to an aromatic ring is 2. The highest BCUT2D eigenvalue weighted by Crippen LogP contribution is 2.26. The van der Waals surface area contributed by atoms with Crippen molar-refractivity contribution in [3.8, 4) is 0 Å². The zero-order valence-corrected chi connectivity index (χ0v) is 9.41. The van der Waals surface area contributed by atoms with Crippen LogP contribution in [-0.2, 0) is 0 Å². The van der Waals surface area contributed by atoms with E-state index in [-0.39, 0.29) is 0 Å². The van der Waals surface area contributed by atoms with Crippen molar-refractivity contribution in [2.24, 2.45) is 0 Å². The first kappa shape index (κ1) is 11.4. The molecule has 0 atom stereocenters. The first-order chi connectivity index (χ1) is 7.06. The molecule has 1 rings (SSSR count). The fourth-order valence-corrected chi connectivity index (χ4v) is 1.26. The van der Waals surface area contributed by atoms with E-state index in [0.29, 0.717) is 23.3 Å². The molecule has 0 saturated carbocycles. The number of nitrogens with two attached hydrogens (primary N) is 2. The van der Waals surface area contributed by atoms with Crippen molar-refractivity contribution in [1.29, 1.82) is 0 Å². The fourth-order valence-electron chi connectivity index (χ4n) is 1.26. The largest absolute Gasteiger partial charge is 0.382 e. The average Bonchev–Trinajstić information content (AvgIpc) is 2.12. The first-order valence-electron chi connectivity index (χ1n) is 4.90. The molecule has 0 aliphatic heterocycles. The second kappa shape index (κ2) is 4.68. The van der Waals surface area contributed by atoms with Crippen LogP contribution in [0.5, 0.6) is 0 Å². The number of nitrogens with zero attached hydrogens (tertiary/aromatic N) is 3. The van der Waals surface area contributed by atoms with Crippen LogP contribution in [0.1, 0.15) is 13.3 Å². The number of aromatic nitrogens is 2. The van der Waals surface area contributed by atoms with Gasteiger partial charge in [-0.3, -0.25) is 0 Å². The monoisotopic (exact) mass is 210 g/mol. The van der Waals surface area contributed by atoms with Crippen LogP contribution < -0.4 is 21.7 Å². The number of rotatable bonds is 4. The van der Waals surface area contributed by atoms with Gasteiger partial charge in [-0.1, -0.05) is 6.92 Å². The van der Waals surface area contributed by atoms with E-state index in [1.54, 1.807) is 4.90 Å². The van der Waals surface area contributed by atoms with Crippen molar-refractivity contribution >= 4 is 23.3 Å². The lowest BCUT2D eigenvalue weighted by Crippen LogP contribution is -2.17. The molecule has 5 N–H and O–H groups in total. The van der Waals surface area contributed by atoms with Crippen molar-refractivity contribution in [3.05, 3.63) is 0 Å². The van der Waals surface area contributed by atoms with Crippen LogP contribution in [0.4, 0.5) is 23.3 Å². The summed E-state index contributed by atoms with van der Waals surface area (Å²) >= 11 is 0. The molecule has 0 aliphatic rings. The summed E-state index contributed by atoms with van der Waals surface area (Å²) in [6.45, 7) is 2.87. The Morgan fingerprint density at radius 2 is 1.73 bits per heavy atom. The van der Waals surface area contributed by atoms with Crippen LogP contribution in [0.2, 0.25) is 0 Å². The third kappa shape index (κ3) is 2.61. The highest BCUT2D eigenvalue weighted by Gasteiger charge is 2.11. The van der Waals surface area contributed by atoms with Gasteiger partial charge in [-0.25, -0.2) is 0 Å². The summed E-state index contributed by atoms with van der Waals surface area (Å²) < 4.78 is 0. The molecule has 15 heavy (non-hydrogen) atoms. The Labute approximate surface area is 89.7 Å². The summed E-state index contributed by atoms with van der Waals surface area (Å²) in [5, 5.41) is 3.04. The predicted molar refractivity (Wildman–Crippen MR) is 64.0 cm³/mol. The third-order valence-electron chi connectivity index (χ3n) is 1.92. The van der Waals surface area contributed by atoms with Crippen LogP contribution in [0.25, 0.3) is 0 Å². The Hall–Kier alpha value is -1.72. The second-order valence-electron chi connectivity index (χ2n) is 3.49. The minimum Gasteiger partial charge on any atom is -0.382 e. The van der Waals surface area contributed by atoms with Crippen LogP contribution in [-0.4, -0.2) is 30.6 Å². The van der Waals surface area contributed by atoms with E-state index in [2.05, 4.69) is 22.2 Å². The smallest absolute Gasteiger partial charge is 0.226 e. The van der Waals surface area contributed by atoms with Crippen LogP contribution in [0.15, 0.2) is 0 Å². The zero-order chi connectivity index (χ0) is 11.4. The summed E-state index contributed by atoms with van der Waals surface area (Å²) in [6, 6.07) is 0. The maximum atomic E-state index is 5.78. The first-order valence-corrected chi connectivity index (χ1v) is 4.90. The van der Waals surface area contributed by atoms with Crippen molar-refractivity contribution in [1.82, 2.24) is 9.97 Å². The van der Waals surface area contributed by atoms with Gasteiger partial charge in [0, 0.05) is 20.6 Å². The van der Waals surface area contributed by atoms with Gasteiger partial charge in [-0.15, -0.1) is 0 Å². The molecule has 0 bridgehead atoms. The van der Waals surface area contributed by atoms with Gasteiger partial charge in [0.15, 0.2) is 11.6 Å². The maximum absolute atomic E-state index is 5.78. The fraction of sp³-hybridized carbons (Fsp3) is 0.556. The zero-order valence-electron chi connectivity index (χ0n) is 9.41. The molecule has 0 aromatic carbocycles. The van der Waals surface area contributed by atoms with E-state index in [1.165, 1.54) is 0 Å². The highest BCUT2D eigenvalue weighted by molar-refractivity contribution is 5.76. The summed E-state index contributed by atoms with van der Waals surface area (Å²) in [6.07, 6.45) is 0.999. The molecule has 0 radical (unpaired) electrons. The van der Waals surface area contributed by atoms with E-state index in [1.807, 2.05) is 14.1 Å². The number of hydrogen-bond donors (Lipinski definition) is 3. The van der Waals surface area contributed by atoms with E-state index >= 15 is 0 Å². The van der Waals surface area contributed by atoms with Gasteiger partial charge < -0.3 is 21.7 Å². The Kier molecular flexibility index (Phi) is 3.54. The normalized spacial score (nSPS) is 10.1. The standard InChI is InChI=1S/C9H18N6/c1-4-5-12-9-13-7(10)6(15(2)3)8(11)14-9/h4-5H2,1-3H3,(H5,10,11,12,13,14). The van der Waals surface area contributed by atoms with E-state index < -0.39 is 0 Å². The van der Waals surface area contributed by atoms with Crippen molar-refractivity contribution < 1.29 is 0 Å². The summed E-state index contributed by atoms with van der Waals surface area (Å²) in [4.78, 5) is 10.1. The molecule has 1 aromatic heterocycles. The Morgan fingerprint density at radius 1 is 1.20 bits per heavy atom. The van der Waals surface area contributed by atoms with Gasteiger partial charge in [0.25, 0.3) is 0 Å². The lowest BCUT2D eigenvalue weighted by Gasteiger charge is -2.17. The Balaban J connectivity index is 2.97. The van der Waals surface area contributed by atoms with Gasteiger partial charge in [-0.05, 0) is 6.42 Å². The quantitative estimate of drug-likeness (QED) is 0.671. The molecule has 84 valence electrons. The summed E-state index contributed by atoms with van der Waals surface area (Å²) in [5.74, 6) is 1.27. The molecule has 1 aromatic rings. The van der Waals surface area contributed by atoms with Crippen LogP contribution >= 0.6 is 0 Å². The molecule has 6 heteroatoms. The number of nitrogens with one attached hydrogen (secondary N) is 1. The minimum atomic E-state index is 0.395. The predicted octanol–water partition coefficient (Wildman–Crippen LogP) is 0.529. The molecule has 6 nitrogen and oxygen atoms in total. The molecule has 0 spiro atoms. The Bertz CT molecular complexity index is 312. The van der Waals surface area contributed by atoms with Crippen molar-refractivity contribution in [2.45, 2.75) is 13.3 Å². The van der Waals surface area contributed by atoms with Gasteiger partial charge in [0.2, 0.25) is 5.95 Å². The third-order valence-corrected chi connectivity index (χ3v) is 1.92. The van der Waals surface area contributed by atoms with Crippen molar-refractivity contribution in [3.63, 3.8) is 0 Å². The van der Waals surface area contributed by atoms with E-state index in [9.17, 15) is 0 Å². The molecular formula is C9H18N6. The van der Waals surface area contributed by atoms with Gasteiger partial charge >= 0.3 is 0 Å². The molecule has 0 unspecified atom stereocenters. The SMILES string of the molecule is CCCNc1nc(N)c(N(C)C)c(N)n1. The molecule has 0 amide bonds. The highest BCUT2D eigenvalue weighted by atomic mass is 15.2. The van der Waals surface area contributed by atoms with Gasteiger partial charge in [-0.2, -0.15) is 9.97 Å². The number of hydrogen-bond acceptors (Lipinski definition) is 6. The molecular weight excluding hydrogens is 192 g/mol. The van der Waals surface area contributed by atoms with E-state index in [0.717, 1.165) is 13.0 Å². The Morgan fingerprint density at radius 3 is 2.13 bits per heavy atom. The number of anilines is 4. The molecule has 0 fully saturated rings. The van der Waals surface area contributed by atoms with Crippen LogP contribution in [0.3, 0.4) is 0 Å². The van der Waals surface area contributed by atoms with Gasteiger partial charge in [0.05, 0.1) is 0 Å². The molecule has 0 saturated heterocycles. The van der Waals surface area contributed by atoms with Crippen molar-refractivity contribution in [2.75, 3.05) is 42.3 Å². The summed E-state index contributed by atoms with van der Waals surface area (Å²) in [5.41, 5.74) is 12.2. The molecule has 1 heterocycles. The maximum Gasteiger partial charge on any atom is 0.226 e. The van der Waals surface area contributed by atoms with Gasteiger partial charge in [0.1, 0.15) is 5.69 Å². The molecule has 0 aliphatic carbocycles. The topological polar surface area (TPSA) is 93.1 Å². The summed E-state index contributed by atoms with van der Waals surface area (Å²) in [7, 11) is 3.70. The lowest BCUT2D eigenvalue weighted by molar-refractivity contribution is 0.952. The minimum absolute atomic E-state index is 0.395. The second-order valence-corrected chi connectivity index (χ2v) is 3.49.